The standard InChI is InChI=1S/C14H11NO/c1-10-8-9-15(16)14-12(10)7-6-11-4-2-3-5-13(11)14/h2-9H,1H3. The van der Waals surface area contributed by atoms with E-state index in [0.29, 0.717) is 0 Å². The molecule has 3 aromatic rings. The zero-order chi connectivity index (χ0) is 11.1. The summed E-state index contributed by atoms with van der Waals surface area (Å²) in [5, 5.41) is 15.0. The first-order valence-electron chi connectivity index (χ1n) is 5.27. The molecule has 0 aliphatic rings. The van der Waals surface area contributed by atoms with Crippen LogP contribution < -0.4 is 4.73 Å². The smallest absolute Gasteiger partial charge is 0.231 e. The van der Waals surface area contributed by atoms with Crippen molar-refractivity contribution in [3.63, 3.8) is 0 Å². The summed E-state index contributed by atoms with van der Waals surface area (Å²) in [6, 6.07) is 13.9. The molecule has 0 saturated heterocycles. The predicted molar refractivity (Wildman–Crippen MR) is 65.2 cm³/mol. The third-order valence-electron chi connectivity index (χ3n) is 3.01. The molecule has 0 bridgehead atoms. The van der Waals surface area contributed by atoms with Gasteiger partial charge in [-0.1, -0.05) is 24.3 Å². The molecule has 78 valence electrons. The molecule has 0 fully saturated rings. The molecule has 16 heavy (non-hydrogen) atoms. The SMILES string of the molecule is Cc1cc[n+]([O-])c2c1ccc1ccccc12. The van der Waals surface area contributed by atoms with Gasteiger partial charge in [0.15, 0.2) is 6.20 Å². The van der Waals surface area contributed by atoms with Crippen molar-refractivity contribution in [1.82, 2.24) is 0 Å². The van der Waals surface area contributed by atoms with E-state index in [2.05, 4.69) is 6.07 Å². The third kappa shape index (κ3) is 1.16. The number of rotatable bonds is 0. The van der Waals surface area contributed by atoms with E-state index in [0.717, 1.165) is 32.0 Å². The van der Waals surface area contributed by atoms with E-state index in [1.807, 2.05) is 43.3 Å². The Kier molecular flexibility index (Phi) is 1.83. The van der Waals surface area contributed by atoms with Gasteiger partial charge >= 0.3 is 0 Å². The molecule has 1 aromatic heterocycles. The molecule has 0 atom stereocenters. The minimum Gasteiger partial charge on any atom is -0.618 e. The zero-order valence-corrected chi connectivity index (χ0v) is 8.97. The van der Waals surface area contributed by atoms with Gasteiger partial charge in [0.2, 0.25) is 5.52 Å². The fourth-order valence-electron chi connectivity index (χ4n) is 2.15. The van der Waals surface area contributed by atoms with Crippen molar-refractivity contribution in [2.75, 3.05) is 0 Å². The Morgan fingerprint density at radius 1 is 0.938 bits per heavy atom. The summed E-state index contributed by atoms with van der Waals surface area (Å²) in [6.45, 7) is 2.02. The lowest BCUT2D eigenvalue weighted by Crippen LogP contribution is -2.26. The summed E-state index contributed by atoms with van der Waals surface area (Å²) in [7, 11) is 0. The maximum absolute atomic E-state index is 11.9. The van der Waals surface area contributed by atoms with Gasteiger partial charge in [-0.25, -0.2) is 0 Å². The Hall–Kier alpha value is -2.09. The molecule has 0 spiro atoms. The molecule has 0 saturated carbocycles. The van der Waals surface area contributed by atoms with Gasteiger partial charge in [0.25, 0.3) is 0 Å². The second-order valence-corrected chi connectivity index (χ2v) is 4.01. The van der Waals surface area contributed by atoms with Gasteiger partial charge in [-0.2, -0.15) is 4.73 Å². The molecule has 0 amide bonds. The van der Waals surface area contributed by atoms with Crippen LogP contribution in [0.5, 0.6) is 0 Å². The number of hydrogen-bond donors (Lipinski definition) is 0. The van der Waals surface area contributed by atoms with Gasteiger partial charge < -0.3 is 5.21 Å². The highest BCUT2D eigenvalue weighted by molar-refractivity contribution is 6.04. The average Bonchev–Trinajstić information content (AvgIpc) is 2.33. The van der Waals surface area contributed by atoms with Crippen LogP contribution in [0.4, 0.5) is 0 Å². The summed E-state index contributed by atoms with van der Waals surface area (Å²) in [4.78, 5) is 0. The third-order valence-corrected chi connectivity index (χ3v) is 3.01. The summed E-state index contributed by atoms with van der Waals surface area (Å²) in [5.41, 5.74) is 1.89. The number of aromatic nitrogens is 1. The minimum atomic E-state index is 0.762. The quantitative estimate of drug-likeness (QED) is 0.317. The molecule has 0 aliphatic carbocycles. The highest BCUT2D eigenvalue weighted by Crippen LogP contribution is 2.24. The topological polar surface area (TPSA) is 26.9 Å². The molecule has 0 N–H and O–H groups in total. The van der Waals surface area contributed by atoms with Gasteiger partial charge in [0.05, 0.1) is 10.8 Å². The molecular weight excluding hydrogens is 198 g/mol. The minimum absolute atomic E-state index is 0.762. The summed E-state index contributed by atoms with van der Waals surface area (Å²) in [6.07, 6.45) is 1.57. The lowest BCUT2D eigenvalue weighted by atomic mass is 10.0. The van der Waals surface area contributed by atoms with Crippen molar-refractivity contribution in [3.05, 3.63) is 59.4 Å². The first-order valence-corrected chi connectivity index (χ1v) is 5.27. The van der Waals surface area contributed by atoms with Crippen LogP contribution in [0.3, 0.4) is 0 Å². The Morgan fingerprint density at radius 3 is 2.62 bits per heavy atom. The van der Waals surface area contributed by atoms with Gasteiger partial charge in [-0.15, -0.1) is 0 Å². The molecule has 3 rings (SSSR count). The summed E-state index contributed by atoms with van der Waals surface area (Å²) >= 11 is 0. The van der Waals surface area contributed by atoms with Crippen LogP contribution in [0.2, 0.25) is 0 Å². The number of benzene rings is 2. The van der Waals surface area contributed by atoms with Crippen molar-refractivity contribution in [3.8, 4) is 0 Å². The van der Waals surface area contributed by atoms with Crippen LogP contribution in [0.25, 0.3) is 21.7 Å². The second-order valence-electron chi connectivity index (χ2n) is 4.01. The molecule has 1 heterocycles. The average molecular weight is 209 g/mol. The van der Waals surface area contributed by atoms with Crippen molar-refractivity contribution < 1.29 is 4.73 Å². The highest BCUT2D eigenvalue weighted by Gasteiger charge is 2.09. The number of aryl methyl sites for hydroxylation is 1. The van der Waals surface area contributed by atoms with Gasteiger partial charge in [-0.05, 0) is 30.0 Å². The van der Waals surface area contributed by atoms with Gasteiger partial charge in [0, 0.05) is 6.07 Å². The molecular formula is C14H11NO. The van der Waals surface area contributed by atoms with E-state index in [-0.39, 0.29) is 0 Å². The first-order chi connectivity index (χ1) is 7.77. The van der Waals surface area contributed by atoms with Crippen LogP contribution in [-0.4, -0.2) is 0 Å². The van der Waals surface area contributed by atoms with Crippen LogP contribution in [0.1, 0.15) is 5.56 Å². The summed E-state index contributed by atoms with van der Waals surface area (Å²) in [5.74, 6) is 0. The van der Waals surface area contributed by atoms with E-state index >= 15 is 0 Å². The Bertz CT molecular complexity index is 689. The van der Waals surface area contributed by atoms with Gasteiger partial charge in [-0.3, -0.25) is 0 Å². The van der Waals surface area contributed by atoms with Crippen LogP contribution in [-0.2, 0) is 0 Å². The van der Waals surface area contributed by atoms with E-state index in [4.69, 9.17) is 0 Å². The van der Waals surface area contributed by atoms with Crippen LogP contribution >= 0.6 is 0 Å². The highest BCUT2D eigenvalue weighted by atomic mass is 16.5. The molecule has 0 unspecified atom stereocenters. The van der Waals surface area contributed by atoms with E-state index in [9.17, 15) is 5.21 Å². The monoisotopic (exact) mass is 209 g/mol. The largest absolute Gasteiger partial charge is 0.618 e. The lowest BCUT2D eigenvalue weighted by molar-refractivity contribution is -0.576. The van der Waals surface area contributed by atoms with Crippen molar-refractivity contribution >= 4 is 21.7 Å². The fourth-order valence-corrected chi connectivity index (χ4v) is 2.15. The maximum Gasteiger partial charge on any atom is 0.231 e. The van der Waals surface area contributed by atoms with Crippen LogP contribution in [0, 0.1) is 12.1 Å². The van der Waals surface area contributed by atoms with E-state index in [1.54, 1.807) is 6.20 Å². The fraction of sp³-hybridized carbons (Fsp3) is 0.0714. The second kappa shape index (κ2) is 3.20. The molecule has 0 radical (unpaired) electrons. The van der Waals surface area contributed by atoms with Crippen molar-refractivity contribution in [2.24, 2.45) is 0 Å². The zero-order valence-electron chi connectivity index (χ0n) is 8.97. The number of pyridine rings is 1. The Balaban J connectivity index is 2.64. The molecule has 2 aromatic carbocycles. The van der Waals surface area contributed by atoms with E-state index < -0.39 is 0 Å². The van der Waals surface area contributed by atoms with Gasteiger partial charge in [0.1, 0.15) is 0 Å². The molecule has 0 aliphatic heterocycles. The maximum atomic E-state index is 11.9. The number of nitrogens with zero attached hydrogens (tertiary/aromatic N) is 1. The molecule has 2 nitrogen and oxygen atoms in total. The van der Waals surface area contributed by atoms with Crippen molar-refractivity contribution in [1.29, 1.82) is 0 Å². The van der Waals surface area contributed by atoms with Crippen molar-refractivity contribution in [2.45, 2.75) is 6.92 Å². The Labute approximate surface area is 93.3 Å². The normalized spacial score (nSPS) is 11.1. The molecule has 2 heteroatoms. The Morgan fingerprint density at radius 2 is 1.75 bits per heavy atom. The lowest BCUT2D eigenvalue weighted by Gasteiger charge is -2.06. The first kappa shape index (κ1) is 9.16. The number of fused-ring (bicyclic) bond motifs is 3. The number of hydrogen-bond acceptors (Lipinski definition) is 1. The predicted octanol–water partition coefficient (Wildman–Crippen LogP) is 2.93. The van der Waals surface area contributed by atoms with E-state index in [1.165, 1.54) is 0 Å². The van der Waals surface area contributed by atoms with Crippen LogP contribution in [0.15, 0.2) is 48.7 Å². The summed E-state index contributed by atoms with van der Waals surface area (Å²) < 4.78 is 0.949.